The first-order valence-electron chi connectivity index (χ1n) is 6.42. The number of methoxy groups -OCH3 is 2. The van der Waals surface area contributed by atoms with Crippen molar-refractivity contribution in [1.29, 1.82) is 0 Å². The molecule has 21 heavy (non-hydrogen) atoms. The van der Waals surface area contributed by atoms with Crippen LogP contribution in [0.25, 0.3) is 22.8 Å². The summed E-state index contributed by atoms with van der Waals surface area (Å²) in [6, 6.07) is 15.0. The second-order valence-electron chi connectivity index (χ2n) is 4.39. The smallest absolute Gasteiger partial charge is 0.258 e. The third-order valence-corrected chi connectivity index (χ3v) is 3.07. The number of aromatic nitrogens is 2. The predicted octanol–water partition coefficient (Wildman–Crippen LogP) is 3.42. The molecule has 0 atom stereocenters. The van der Waals surface area contributed by atoms with E-state index in [0.717, 1.165) is 22.6 Å². The largest absolute Gasteiger partial charge is 0.497 e. The summed E-state index contributed by atoms with van der Waals surface area (Å²) in [5, 5.41) is 4.01. The average Bonchev–Trinajstić information content (AvgIpc) is 3.05. The van der Waals surface area contributed by atoms with Gasteiger partial charge >= 0.3 is 0 Å². The third-order valence-electron chi connectivity index (χ3n) is 3.07. The fourth-order valence-corrected chi connectivity index (χ4v) is 1.98. The lowest BCUT2D eigenvalue weighted by molar-refractivity contribution is 0.413. The van der Waals surface area contributed by atoms with Gasteiger partial charge in [0.2, 0.25) is 5.82 Å². The lowest BCUT2D eigenvalue weighted by Gasteiger charge is -2.00. The van der Waals surface area contributed by atoms with Gasteiger partial charge in [-0.2, -0.15) is 4.98 Å². The first-order valence-corrected chi connectivity index (χ1v) is 6.42. The molecule has 0 bridgehead atoms. The molecule has 0 aliphatic rings. The van der Waals surface area contributed by atoms with Gasteiger partial charge in [0.25, 0.3) is 5.89 Å². The Balaban J connectivity index is 1.95. The highest BCUT2D eigenvalue weighted by atomic mass is 16.5. The second-order valence-corrected chi connectivity index (χ2v) is 4.39. The Morgan fingerprint density at radius 1 is 0.857 bits per heavy atom. The number of ether oxygens (including phenoxy) is 2. The topological polar surface area (TPSA) is 57.4 Å². The van der Waals surface area contributed by atoms with Gasteiger partial charge in [-0.3, -0.25) is 0 Å². The standard InChI is InChI=1S/C16H14N2O3/c1-19-13-7-3-5-11(9-13)15-17-16(21-18-15)12-6-4-8-14(10-12)20-2/h3-10H,1-2H3. The van der Waals surface area contributed by atoms with E-state index in [4.69, 9.17) is 14.0 Å². The minimum absolute atomic E-state index is 0.451. The molecule has 0 saturated heterocycles. The van der Waals surface area contributed by atoms with E-state index in [2.05, 4.69) is 10.1 Å². The van der Waals surface area contributed by atoms with Gasteiger partial charge in [-0.05, 0) is 30.3 Å². The van der Waals surface area contributed by atoms with Gasteiger partial charge in [0, 0.05) is 11.1 Å². The van der Waals surface area contributed by atoms with Crippen LogP contribution in [0.5, 0.6) is 11.5 Å². The van der Waals surface area contributed by atoms with Crippen molar-refractivity contribution >= 4 is 0 Å². The van der Waals surface area contributed by atoms with Gasteiger partial charge < -0.3 is 14.0 Å². The molecule has 1 heterocycles. The van der Waals surface area contributed by atoms with Crippen LogP contribution in [0.2, 0.25) is 0 Å². The Hall–Kier alpha value is -2.82. The molecule has 2 aromatic carbocycles. The highest BCUT2D eigenvalue weighted by Crippen LogP contribution is 2.26. The van der Waals surface area contributed by atoms with Crippen LogP contribution in [0.1, 0.15) is 0 Å². The summed E-state index contributed by atoms with van der Waals surface area (Å²) in [7, 11) is 3.24. The van der Waals surface area contributed by atoms with Crippen molar-refractivity contribution < 1.29 is 14.0 Å². The van der Waals surface area contributed by atoms with Crippen molar-refractivity contribution in [3.63, 3.8) is 0 Å². The fraction of sp³-hybridized carbons (Fsp3) is 0.125. The zero-order valence-corrected chi connectivity index (χ0v) is 11.7. The molecule has 5 nitrogen and oxygen atoms in total. The maximum absolute atomic E-state index is 5.32. The van der Waals surface area contributed by atoms with E-state index < -0.39 is 0 Å². The monoisotopic (exact) mass is 282 g/mol. The highest BCUT2D eigenvalue weighted by Gasteiger charge is 2.11. The third kappa shape index (κ3) is 2.72. The van der Waals surface area contributed by atoms with Crippen molar-refractivity contribution in [2.45, 2.75) is 0 Å². The molecule has 0 saturated carbocycles. The van der Waals surface area contributed by atoms with Crippen LogP contribution in [-0.2, 0) is 0 Å². The van der Waals surface area contributed by atoms with E-state index in [-0.39, 0.29) is 0 Å². The molecule has 5 heteroatoms. The van der Waals surface area contributed by atoms with Crippen molar-refractivity contribution in [2.75, 3.05) is 14.2 Å². The zero-order valence-electron chi connectivity index (χ0n) is 11.7. The Labute approximate surface area is 122 Å². The molecule has 0 fully saturated rings. The SMILES string of the molecule is COc1cccc(-c2noc(-c3cccc(OC)c3)n2)c1. The summed E-state index contributed by atoms with van der Waals surface area (Å²) in [6.45, 7) is 0. The number of benzene rings is 2. The molecule has 0 amide bonds. The van der Waals surface area contributed by atoms with E-state index in [9.17, 15) is 0 Å². The average molecular weight is 282 g/mol. The lowest BCUT2D eigenvalue weighted by Crippen LogP contribution is -1.86. The maximum atomic E-state index is 5.32. The van der Waals surface area contributed by atoms with Gasteiger partial charge in [-0.25, -0.2) is 0 Å². The van der Waals surface area contributed by atoms with E-state index in [1.807, 2.05) is 48.5 Å². The van der Waals surface area contributed by atoms with Crippen LogP contribution < -0.4 is 9.47 Å². The van der Waals surface area contributed by atoms with Crippen LogP contribution in [0.4, 0.5) is 0 Å². The molecule has 3 aromatic rings. The number of rotatable bonds is 4. The molecule has 0 spiro atoms. The molecular weight excluding hydrogens is 268 g/mol. The van der Waals surface area contributed by atoms with Crippen LogP contribution >= 0.6 is 0 Å². The minimum atomic E-state index is 0.451. The first-order chi connectivity index (χ1) is 10.3. The molecule has 0 aliphatic carbocycles. The van der Waals surface area contributed by atoms with Crippen LogP contribution in [-0.4, -0.2) is 24.4 Å². The molecule has 106 valence electrons. The summed E-state index contributed by atoms with van der Waals surface area (Å²) in [5.41, 5.74) is 1.66. The van der Waals surface area contributed by atoms with E-state index in [1.165, 1.54) is 0 Å². The van der Waals surface area contributed by atoms with Gasteiger partial charge in [-0.1, -0.05) is 23.4 Å². The Bertz CT molecular complexity index is 691. The number of nitrogens with zero attached hydrogens (tertiary/aromatic N) is 2. The summed E-state index contributed by atoms with van der Waals surface area (Å²) in [4.78, 5) is 4.41. The quantitative estimate of drug-likeness (QED) is 0.733. The zero-order chi connectivity index (χ0) is 14.7. The van der Waals surface area contributed by atoms with Crippen molar-refractivity contribution in [3.05, 3.63) is 48.5 Å². The van der Waals surface area contributed by atoms with Gasteiger partial charge in [-0.15, -0.1) is 0 Å². The molecule has 3 rings (SSSR count). The van der Waals surface area contributed by atoms with Crippen LogP contribution in [0.3, 0.4) is 0 Å². The summed E-state index contributed by atoms with van der Waals surface area (Å²) in [6.07, 6.45) is 0. The molecule has 0 unspecified atom stereocenters. The second kappa shape index (κ2) is 5.66. The van der Waals surface area contributed by atoms with Gasteiger partial charge in [0.15, 0.2) is 0 Å². The van der Waals surface area contributed by atoms with Gasteiger partial charge in [0.05, 0.1) is 14.2 Å². The van der Waals surface area contributed by atoms with E-state index in [1.54, 1.807) is 14.2 Å². The molecule has 0 N–H and O–H groups in total. The van der Waals surface area contributed by atoms with E-state index in [0.29, 0.717) is 11.7 Å². The van der Waals surface area contributed by atoms with Gasteiger partial charge in [0.1, 0.15) is 11.5 Å². The Morgan fingerprint density at radius 2 is 1.48 bits per heavy atom. The summed E-state index contributed by atoms with van der Waals surface area (Å²) < 4.78 is 15.7. The van der Waals surface area contributed by atoms with Crippen molar-refractivity contribution in [1.82, 2.24) is 10.1 Å². The molecular formula is C16H14N2O3. The lowest BCUT2D eigenvalue weighted by atomic mass is 10.2. The molecule has 0 radical (unpaired) electrons. The Kier molecular flexibility index (Phi) is 3.55. The minimum Gasteiger partial charge on any atom is -0.497 e. The normalized spacial score (nSPS) is 10.4. The maximum Gasteiger partial charge on any atom is 0.258 e. The summed E-state index contributed by atoms with van der Waals surface area (Å²) in [5.74, 6) is 2.47. The highest BCUT2D eigenvalue weighted by molar-refractivity contribution is 5.62. The summed E-state index contributed by atoms with van der Waals surface area (Å²) >= 11 is 0. The fourth-order valence-electron chi connectivity index (χ4n) is 1.98. The number of hydrogen-bond donors (Lipinski definition) is 0. The Morgan fingerprint density at radius 3 is 2.14 bits per heavy atom. The predicted molar refractivity (Wildman–Crippen MR) is 78.3 cm³/mol. The molecule has 0 aliphatic heterocycles. The number of hydrogen-bond acceptors (Lipinski definition) is 5. The van der Waals surface area contributed by atoms with Crippen LogP contribution in [0.15, 0.2) is 53.1 Å². The first kappa shape index (κ1) is 13.2. The van der Waals surface area contributed by atoms with E-state index >= 15 is 0 Å². The molecule has 1 aromatic heterocycles. The van der Waals surface area contributed by atoms with Crippen molar-refractivity contribution in [2.24, 2.45) is 0 Å². The van der Waals surface area contributed by atoms with Crippen molar-refractivity contribution in [3.8, 4) is 34.3 Å². The van der Waals surface area contributed by atoms with Crippen LogP contribution in [0, 0.1) is 0 Å².